The molecule has 1 aromatic carbocycles. The summed E-state index contributed by atoms with van der Waals surface area (Å²) in [4.78, 5) is 11.0. The van der Waals surface area contributed by atoms with Crippen LogP contribution < -0.4 is 0 Å². The van der Waals surface area contributed by atoms with E-state index >= 15 is 0 Å². The van der Waals surface area contributed by atoms with Crippen LogP contribution in [0.5, 0.6) is 0 Å². The van der Waals surface area contributed by atoms with Crippen LogP contribution in [-0.2, 0) is 11.2 Å². The van der Waals surface area contributed by atoms with Gasteiger partial charge in [-0.1, -0.05) is 18.5 Å². The predicted octanol–water partition coefficient (Wildman–Crippen LogP) is 4.14. The summed E-state index contributed by atoms with van der Waals surface area (Å²) in [6, 6.07) is 8.11. The molecule has 19 heavy (non-hydrogen) atoms. The highest BCUT2D eigenvalue weighted by Crippen LogP contribution is 2.28. The standard InChI is InChI=1S/C15H18ClNO2/c1-9(2)17-13(6-10(3)15(18)19)8-11-7-12(16)4-5-14(11)17/h4-5,7-10H,6H2,1-3H3,(H,18,19). The van der Waals surface area contributed by atoms with E-state index in [-0.39, 0.29) is 6.04 Å². The maximum atomic E-state index is 11.0. The van der Waals surface area contributed by atoms with Crippen molar-refractivity contribution in [1.82, 2.24) is 4.57 Å². The number of carboxylic acid groups (broad SMARTS) is 1. The summed E-state index contributed by atoms with van der Waals surface area (Å²) in [5.74, 6) is -1.16. The van der Waals surface area contributed by atoms with Crippen LogP contribution in [0.25, 0.3) is 10.9 Å². The minimum absolute atomic E-state index is 0.287. The molecule has 1 aromatic heterocycles. The van der Waals surface area contributed by atoms with Crippen LogP contribution in [0.4, 0.5) is 0 Å². The molecule has 0 radical (unpaired) electrons. The highest BCUT2D eigenvalue weighted by Gasteiger charge is 2.17. The Balaban J connectivity index is 2.53. The quantitative estimate of drug-likeness (QED) is 0.914. The molecule has 2 aromatic rings. The lowest BCUT2D eigenvalue weighted by Crippen LogP contribution is -2.15. The first kappa shape index (κ1) is 13.9. The number of aliphatic carboxylic acids is 1. The van der Waals surface area contributed by atoms with Gasteiger partial charge in [0.15, 0.2) is 0 Å². The molecule has 102 valence electrons. The highest BCUT2D eigenvalue weighted by atomic mass is 35.5. The summed E-state index contributed by atoms with van der Waals surface area (Å²) in [6.45, 7) is 5.93. The molecular formula is C15H18ClNO2. The van der Waals surface area contributed by atoms with Crippen LogP contribution in [0.2, 0.25) is 5.02 Å². The van der Waals surface area contributed by atoms with Crippen molar-refractivity contribution in [3.8, 4) is 0 Å². The first-order valence-electron chi connectivity index (χ1n) is 6.42. The Morgan fingerprint density at radius 3 is 2.58 bits per heavy atom. The molecule has 0 aliphatic rings. The van der Waals surface area contributed by atoms with E-state index < -0.39 is 11.9 Å². The van der Waals surface area contributed by atoms with Gasteiger partial charge in [0.2, 0.25) is 0 Å². The Hall–Kier alpha value is -1.48. The molecular weight excluding hydrogens is 262 g/mol. The zero-order chi connectivity index (χ0) is 14.2. The second-order valence-electron chi connectivity index (χ2n) is 5.25. The Kier molecular flexibility index (Phi) is 3.85. The van der Waals surface area contributed by atoms with Gasteiger partial charge in [-0.2, -0.15) is 0 Å². The number of hydrogen-bond acceptors (Lipinski definition) is 1. The molecule has 0 amide bonds. The van der Waals surface area contributed by atoms with Gasteiger partial charge in [0.25, 0.3) is 0 Å². The maximum Gasteiger partial charge on any atom is 0.306 e. The van der Waals surface area contributed by atoms with Gasteiger partial charge in [0.1, 0.15) is 0 Å². The normalized spacial score (nSPS) is 13.1. The van der Waals surface area contributed by atoms with E-state index in [1.807, 2.05) is 24.3 Å². The number of hydrogen-bond donors (Lipinski definition) is 1. The number of rotatable bonds is 4. The van der Waals surface area contributed by atoms with Crippen molar-refractivity contribution in [3.05, 3.63) is 35.0 Å². The van der Waals surface area contributed by atoms with Crippen LogP contribution in [0, 0.1) is 5.92 Å². The smallest absolute Gasteiger partial charge is 0.306 e. The van der Waals surface area contributed by atoms with E-state index in [2.05, 4.69) is 18.4 Å². The summed E-state index contributed by atoms with van der Waals surface area (Å²) >= 11 is 6.01. The molecule has 1 N–H and O–H groups in total. The maximum absolute atomic E-state index is 11.0. The fraction of sp³-hybridized carbons (Fsp3) is 0.400. The minimum atomic E-state index is -0.765. The fourth-order valence-electron chi connectivity index (χ4n) is 2.43. The van der Waals surface area contributed by atoms with Crippen LogP contribution in [-0.4, -0.2) is 15.6 Å². The van der Waals surface area contributed by atoms with Gasteiger partial charge in [0, 0.05) is 34.1 Å². The number of carboxylic acids is 1. The van der Waals surface area contributed by atoms with Crippen molar-refractivity contribution in [3.63, 3.8) is 0 Å². The van der Waals surface area contributed by atoms with Gasteiger partial charge in [-0.15, -0.1) is 0 Å². The van der Waals surface area contributed by atoms with Crippen molar-refractivity contribution in [2.24, 2.45) is 5.92 Å². The number of aromatic nitrogens is 1. The topological polar surface area (TPSA) is 42.2 Å². The van der Waals surface area contributed by atoms with Crippen molar-refractivity contribution in [2.45, 2.75) is 33.2 Å². The summed E-state index contributed by atoms with van der Waals surface area (Å²) in [5, 5.41) is 10.8. The SMILES string of the molecule is CC(Cc1cc2cc(Cl)ccc2n1C(C)C)C(=O)O. The second kappa shape index (κ2) is 5.25. The van der Waals surface area contributed by atoms with E-state index in [9.17, 15) is 4.79 Å². The molecule has 0 aliphatic carbocycles. The van der Waals surface area contributed by atoms with E-state index in [1.54, 1.807) is 6.92 Å². The van der Waals surface area contributed by atoms with E-state index in [4.69, 9.17) is 16.7 Å². The zero-order valence-corrected chi connectivity index (χ0v) is 12.1. The average molecular weight is 280 g/mol. The molecule has 0 fully saturated rings. The Morgan fingerprint density at radius 2 is 2.00 bits per heavy atom. The van der Waals surface area contributed by atoms with Gasteiger partial charge < -0.3 is 9.67 Å². The van der Waals surface area contributed by atoms with E-state index in [0.717, 1.165) is 16.6 Å². The van der Waals surface area contributed by atoms with Crippen LogP contribution in [0.1, 0.15) is 32.5 Å². The summed E-state index contributed by atoms with van der Waals surface area (Å²) < 4.78 is 2.19. The summed E-state index contributed by atoms with van der Waals surface area (Å²) in [7, 11) is 0. The lowest BCUT2D eigenvalue weighted by atomic mass is 10.1. The molecule has 1 heterocycles. The Morgan fingerprint density at radius 1 is 1.32 bits per heavy atom. The molecule has 0 saturated carbocycles. The monoisotopic (exact) mass is 279 g/mol. The first-order chi connectivity index (χ1) is 8.90. The van der Waals surface area contributed by atoms with Crippen molar-refractivity contribution < 1.29 is 9.90 Å². The average Bonchev–Trinajstić information content (AvgIpc) is 2.65. The molecule has 1 unspecified atom stereocenters. The lowest BCUT2D eigenvalue weighted by Gasteiger charge is -2.16. The van der Waals surface area contributed by atoms with Gasteiger partial charge in [-0.05, 0) is 38.1 Å². The van der Waals surface area contributed by atoms with E-state index in [1.165, 1.54) is 0 Å². The van der Waals surface area contributed by atoms with Crippen LogP contribution in [0.3, 0.4) is 0 Å². The third-order valence-electron chi connectivity index (χ3n) is 3.33. The number of carbonyl (C=O) groups is 1. The van der Waals surface area contributed by atoms with Gasteiger partial charge in [0.05, 0.1) is 5.92 Å². The molecule has 0 aliphatic heterocycles. The molecule has 2 rings (SSSR count). The molecule has 0 saturated heterocycles. The van der Waals surface area contributed by atoms with Crippen LogP contribution >= 0.6 is 11.6 Å². The second-order valence-corrected chi connectivity index (χ2v) is 5.68. The summed E-state index contributed by atoms with van der Waals surface area (Å²) in [6.07, 6.45) is 0.528. The van der Waals surface area contributed by atoms with Crippen LogP contribution in [0.15, 0.2) is 24.3 Å². The van der Waals surface area contributed by atoms with E-state index in [0.29, 0.717) is 11.4 Å². The van der Waals surface area contributed by atoms with Gasteiger partial charge >= 0.3 is 5.97 Å². The Bertz CT molecular complexity index is 616. The lowest BCUT2D eigenvalue weighted by molar-refractivity contribution is -0.141. The predicted molar refractivity (Wildman–Crippen MR) is 77.8 cm³/mol. The summed E-state index contributed by atoms with van der Waals surface area (Å²) in [5.41, 5.74) is 2.15. The third kappa shape index (κ3) is 2.76. The van der Waals surface area contributed by atoms with Gasteiger partial charge in [-0.25, -0.2) is 0 Å². The molecule has 0 spiro atoms. The molecule has 4 heteroatoms. The number of benzene rings is 1. The molecule has 1 atom stereocenters. The zero-order valence-electron chi connectivity index (χ0n) is 11.4. The fourth-order valence-corrected chi connectivity index (χ4v) is 2.61. The largest absolute Gasteiger partial charge is 0.481 e. The molecule has 3 nitrogen and oxygen atoms in total. The van der Waals surface area contributed by atoms with Crippen molar-refractivity contribution >= 4 is 28.5 Å². The number of fused-ring (bicyclic) bond motifs is 1. The third-order valence-corrected chi connectivity index (χ3v) is 3.57. The number of nitrogens with zero attached hydrogens (tertiary/aromatic N) is 1. The molecule has 0 bridgehead atoms. The van der Waals surface area contributed by atoms with Crippen molar-refractivity contribution in [2.75, 3.05) is 0 Å². The minimum Gasteiger partial charge on any atom is -0.481 e. The highest BCUT2D eigenvalue weighted by molar-refractivity contribution is 6.31. The van der Waals surface area contributed by atoms with Gasteiger partial charge in [-0.3, -0.25) is 4.79 Å². The first-order valence-corrected chi connectivity index (χ1v) is 6.80. The van der Waals surface area contributed by atoms with Crippen molar-refractivity contribution in [1.29, 1.82) is 0 Å². The number of halogens is 1. The Labute approximate surface area is 117 Å².